The van der Waals surface area contributed by atoms with Crippen LogP contribution in [0.5, 0.6) is 5.75 Å². The van der Waals surface area contributed by atoms with Gasteiger partial charge < -0.3 is 9.84 Å². The first kappa shape index (κ1) is 13.4. The van der Waals surface area contributed by atoms with Crippen LogP contribution in [0.2, 0.25) is 0 Å². The van der Waals surface area contributed by atoms with E-state index in [2.05, 4.69) is 22.9 Å². The number of halogens is 1. The van der Waals surface area contributed by atoms with E-state index in [4.69, 9.17) is 9.84 Å². The van der Waals surface area contributed by atoms with Crippen molar-refractivity contribution in [2.45, 2.75) is 6.92 Å². The van der Waals surface area contributed by atoms with Crippen molar-refractivity contribution in [1.29, 1.82) is 0 Å². The molecule has 0 saturated carbocycles. The summed E-state index contributed by atoms with van der Waals surface area (Å²) in [5.41, 5.74) is 0.191. The molecule has 0 unspecified atom stereocenters. The third kappa shape index (κ3) is 4.06. The highest BCUT2D eigenvalue weighted by molar-refractivity contribution is 9.10. The average molecular weight is 305 g/mol. The third-order valence-corrected chi connectivity index (χ3v) is 3.22. The van der Waals surface area contributed by atoms with Crippen molar-refractivity contribution in [3.8, 4) is 5.75 Å². The van der Waals surface area contributed by atoms with Gasteiger partial charge in [0.15, 0.2) is 0 Å². The summed E-state index contributed by atoms with van der Waals surface area (Å²) in [6.07, 6.45) is 0. The fraction of sp³-hybridized carbons (Fsp3) is 0.364. The van der Waals surface area contributed by atoms with E-state index >= 15 is 0 Å². The van der Waals surface area contributed by atoms with Crippen molar-refractivity contribution >= 4 is 33.7 Å². The van der Waals surface area contributed by atoms with Crippen molar-refractivity contribution in [3.63, 3.8) is 0 Å². The van der Waals surface area contributed by atoms with Crippen LogP contribution in [-0.2, 0) is 0 Å². The quantitative estimate of drug-likeness (QED) is 0.819. The number of ether oxygens (including phenoxy) is 1. The van der Waals surface area contributed by atoms with Gasteiger partial charge in [-0.2, -0.15) is 11.8 Å². The topological polar surface area (TPSA) is 46.5 Å². The van der Waals surface area contributed by atoms with Crippen LogP contribution in [0.4, 0.5) is 0 Å². The van der Waals surface area contributed by atoms with Gasteiger partial charge in [-0.3, -0.25) is 0 Å². The molecule has 0 aliphatic rings. The van der Waals surface area contributed by atoms with Crippen molar-refractivity contribution < 1.29 is 14.6 Å². The van der Waals surface area contributed by atoms with Gasteiger partial charge >= 0.3 is 5.97 Å². The number of carboxylic acid groups (broad SMARTS) is 1. The predicted molar refractivity (Wildman–Crippen MR) is 69.6 cm³/mol. The average Bonchev–Trinajstić information content (AvgIpc) is 2.26. The Kier molecular flexibility index (Phi) is 5.69. The smallest absolute Gasteiger partial charge is 0.339 e. The fourth-order valence-corrected chi connectivity index (χ4v) is 2.00. The maximum Gasteiger partial charge on any atom is 0.339 e. The third-order valence-electron chi connectivity index (χ3n) is 1.86. The number of hydrogen-bond acceptors (Lipinski definition) is 3. The van der Waals surface area contributed by atoms with E-state index in [-0.39, 0.29) is 5.56 Å². The van der Waals surface area contributed by atoms with E-state index in [1.165, 1.54) is 0 Å². The van der Waals surface area contributed by atoms with E-state index in [1.807, 2.05) is 0 Å². The molecule has 1 aromatic rings. The molecule has 0 aliphatic heterocycles. The molecule has 0 saturated heterocycles. The molecule has 1 rings (SSSR count). The Labute approximate surface area is 107 Å². The molecular formula is C11H13BrO3S. The molecule has 0 aliphatic carbocycles. The van der Waals surface area contributed by atoms with Gasteiger partial charge in [-0.15, -0.1) is 0 Å². The van der Waals surface area contributed by atoms with Crippen LogP contribution in [0.15, 0.2) is 22.7 Å². The molecule has 88 valence electrons. The summed E-state index contributed by atoms with van der Waals surface area (Å²) in [6, 6.07) is 4.99. The van der Waals surface area contributed by atoms with Gasteiger partial charge in [-0.05, 0) is 24.0 Å². The maximum atomic E-state index is 11.0. The van der Waals surface area contributed by atoms with E-state index in [1.54, 1.807) is 30.0 Å². The molecule has 1 aromatic carbocycles. The number of carboxylic acids is 1. The Bertz CT molecular complexity index is 368. The first-order valence-corrected chi connectivity index (χ1v) is 6.83. The number of thioether (sulfide) groups is 1. The number of aromatic carboxylic acids is 1. The number of benzene rings is 1. The normalized spacial score (nSPS) is 10.1. The molecule has 0 atom stereocenters. The summed E-state index contributed by atoms with van der Waals surface area (Å²) in [6.45, 7) is 2.60. The summed E-state index contributed by atoms with van der Waals surface area (Å²) >= 11 is 5.00. The molecule has 1 N–H and O–H groups in total. The Morgan fingerprint density at radius 3 is 2.94 bits per heavy atom. The molecule has 0 radical (unpaired) electrons. The van der Waals surface area contributed by atoms with E-state index < -0.39 is 5.97 Å². The number of carbonyl (C=O) groups is 1. The van der Waals surface area contributed by atoms with Crippen molar-refractivity contribution in [2.75, 3.05) is 18.1 Å². The van der Waals surface area contributed by atoms with Crippen LogP contribution in [0.25, 0.3) is 0 Å². The van der Waals surface area contributed by atoms with Crippen LogP contribution in [0.3, 0.4) is 0 Å². The van der Waals surface area contributed by atoms with Crippen LogP contribution >= 0.6 is 27.7 Å². The largest absolute Gasteiger partial charge is 0.492 e. The zero-order valence-corrected chi connectivity index (χ0v) is 11.3. The highest BCUT2D eigenvalue weighted by Crippen LogP contribution is 2.23. The lowest BCUT2D eigenvalue weighted by Crippen LogP contribution is -2.06. The molecule has 0 spiro atoms. The Balaban J connectivity index is 2.67. The van der Waals surface area contributed by atoms with Gasteiger partial charge in [0, 0.05) is 10.2 Å². The van der Waals surface area contributed by atoms with Crippen molar-refractivity contribution in [3.05, 3.63) is 28.2 Å². The van der Waals surface area contributed by atoms with Gasteiger partial charge in [-0.1, -0.05) is 22.9 Å². The fourth-order valence-electron chi connectivity index (χ4n) is 1.15. The lowest BCUT2D eigenvalue weighted by Gasteiger charge is -2.08. The van der Waals surface area contributed by atoms with Crippen LogP contribution in [0, 0.1) is 0 Å². The standard InChI is InChI=1S/C11H13BrO3S/c1-2-16-6-5-15-10-4-3-8(12)7-9(10)11(13)14/h3-4,7H,2,5-6H2,1H3,(H,13,14). The molecule has 0 bridgehead atoms. The Hall–Kier alpha value is -0.680. The minimum absolute atomic E-state index is 0.191. The summed E-state index contributed by atoms with van der Waals surface area (Å²) in [5.74, 6) is 1.35. The molecular weight excluding hydrogens is 292 g/mol. The first-order valence-electron chi connectivity index (χ1n) is 4.88. The minimum Gasteiger partial charge on any atom is -0.492 e. The minimum atomic E-state index is -0.973. The number of hydrogen-bond donors (Lipinski definition) is 1. The predicted octanol–water partition coefficient (Wildman–Crippen LogP) is 3.28. The summed E-state index contributed by atoms with van der Waals surface area (Å²) in [4.78, 5) is 11.0. The summed E-state index contributed by atoms with van der Waals surface area (Å²) in [5, 5.41) is 8.99. The SMILES string of the molecule is CCSCCOc1ccc(Br)cc1C(=O)O. The van der Waals surface area contributed by atoms with Gasteiger partial charge in [0.1, 0.15) is 11.3 Å². The second kappa shape index (κ2) is 6.81. The van der Waals surface area contributed by atoms with Crippen molar-refractivity contribution in [2.24, 2.45) is 0 Å². The molecule has 16 heavy (non-hydrogen) atoms. The van der Waals surface area contributed by atoms with Gasteiger partial charge in [0.05, 0.1) is 6.61 Å². The molecule has 0 aromatic heterocycles. The Morgan fingerprint density at radius 2 is 2.31 bits per heavy atom. The molecule has 0 heterocycles. The number of rotatable bonds is 6. The zero-order chi connectivity index (χ0) is 12.0. The monoisotopic (exact) mass is 304 g/mol. The zero-order valence-electron chi connectivity index (χ0n) is 8.90. The molecule has 5 heteroatoms. The maximum absolute atomic E-state index is 11.0. The van der Waals surface area contributed by atoms with Crippen molar-refractivity contribution in [1.82, 2.24) is 0 Å². The lowest BCUT2D eigenvalue weighted by atomic mass is 10.2. The second-order valence-corrected chi connectivity index (χ2v) is 5.30. The first-order chi connectivity index (χ1) is 7.65. The summed E-state index contributed by atoms with van der Waals surface area (Å²) in [7, 11) is 0. The van der Waals surface area contributed by atoms with Gasteiger partial charge in [0.2, 0.25) is 0 Å². The Morgan fingerprint density at radius 1 is 1.56 bits per heavy atom. The van der Waals surface area contributed by atoms with E-state index in [0.29, 0.717) is 12.4 Å². The highest BCUT2D eigenvalue weighted by atomic mass is 79.9. The van der Waals surface area contributed by atoms with Crippen LogP contribution < -0.4 is 4.74 Å². The molecule has 0 amide bonds. The van der Waals surface area contributed by atoms with E-state index in [9.17, 15) is 4.79 Å². The second-order valence-electron chi connectivity index (χ2n) is 2.99. The lowest BCUT2D eigenvalue weighted by molar-refractivity contribution is 0.0692. The van der Waals surface area contributed by atoms with Gasteiger partial charge in [-0.25, -0.2) is 4.79 Å². The van der Waals surface area contributed by atoms with E-state index in [0.717, 1.165) is 16.0 Å². The van der Waals surface area contributed by atoms with Gasteiger partial charge in [0.25, 0.3) is 0 Å². The van der Waals surface area contributed by atoms with Crippen LogP contribution in [0.1, 0.15) is 17.3 Å². The highest BCUT2D eigenvalue weighted by Gasteiger charge is 2.11. The van der Waals surface area contributed by atoms with Crippen LogP contribution in [-0.4, -0.2) is 29.2 Å². The molecule has 0 fully saturated rings. The summed E-state index contributed by atoms with van der Waals surface area (Å²) < 4.78 is 6.17. The molecule has 3 nitrogen and oxygen atoms in total.